The van der Waals surface area contributed by atoms with E-state index in [0.717, 1.165) is 16.7 Å². The van der Waals surface area contributed by atoms with Gasteiger partial charge in [-0.2, -0.15) is 0 Å². The van der Waals surface area contributed by atoms with Crippen molar-refractivity contribution in [2.45, 2.75) is 45.3 Å². The van der Waals surface area contributed by atoms with Gasteiger partial charge in [-0.15, -0.1) is 0 Å². The van der Waals surface area contributed by atoms with Crippen molar-refractivity contribution in [3.63, 3.8) is 0 Å². The molecule has 0 radical (unpaired) electrons. The van der Waals surface area contributed by atoms with Crippen LogP contribution in [0.3, 0.4) is 0 Å². The Balaban J connectivity index is 2.08. The molecule has 0 aliphatic rings. The minimum absolute atomic E-state index is 0.0610. The van der Waals surface area contributed by atoms with Gasteiger partial charge >= 0.3 is 12.1 Å². The van der Waals surface area contributed by atoms with Crippen LogP contribution in [-0.2, 0) is 28.0 Å². The van der Waals surface area contributed by atoms with E-state index in [1.807, 2.05) is 51.1 Å². The van der Waals surface area contributed by atoms with Gasteiger partial charge in [-0.25, -0.2) is 9.59 Å². The van der Waals surface area contributed by atoms with Crippen molar-refractivity contribution in [3.05, 3.63) is 65.2 Å². The maximum Gasteiger partial charge on any atom is 0.408 e. The molecule has 0 fully saturated rings. The minimum Gasteiger partial charge on any atom is -0.508 e. The second-order valence-electron chi connectivity index (χ2n) is 7.39. The molecule has 0 aliphatic carbocycles. The van der Waals surface area contributed by atoms with Crippen LogP contribution >= 0.6 is 0 Å². The molecule has 0 aromatic heterocycles. The molecule has 1 atom stereocenters. The molecule has 144 valence electrons. The lowest BCUT2D eigenvalue weighted by Gasteiger charge is -2.25. The van der Waals surface area contributed by atoms with E-state index in [2.05, 4.69) is 5.32 Å². The number of carboxylic acid groups (broad SMARTS) is 1. The number of alkyl carbamates (subject to hydrolysis) is 1. The zero-order valence-corrected chi connectivity index (χ0v) is 15.7. The molecule has 0 aliphatic heterocycles. The highest BCUT2D eigenvalue weighted by molar-refractivity contribution is 5.80. The number of rotatable bonds is 6. The van der Waals surface area contributed by atoms with Crippen molar-refractivity contribution in [1.29, 1.82) is 0 Å². The van der Waals surface area contributed by atoms with Crippen LogP contribution in [0.25, 0.3) is 0 Å². The van der Waals surface area contributed by atoms with Gasteiger partial charge in [0.2, 0.25) is 0 Å². The zero-order chi connectivity index (χ0) is 20.0. The molecule has 3 N–H and O–H groups in total. The predicted molar refractivity (Wildman–Crippen MR) is 102 cm³/mol. The smallest absolute Gasteiger partial charge is 0.408 e. The Kier molecular flexibility index (Phi) is 6.45. The molecule has 2 aromatic carbocycles. The first-order valence-corrected chi connectivity index (χ1v) is 8.69. The number of carboxylic acids is 1. The molecule has 0 spiro atoms. The summed E-state index contributed by atoms with van der Waals surface area (Å²) in [7, 11) is 0. The van der Waals surface area contributed by atoms with Crippen molar-refractivity contribution in [2.24, 2.45) is 0 Å². The van der Waals surface area contributed by atoms with Crippen molar-refractivity contribution >= 4 is 12.1 Å². The summed E-state index contributed by atoms with van der Waals surface area (Å²) in [4.78, 5) is 23.6. The Morgan fingerprint density at radius 3 is 2.37 bits per heavy atom. The summed E-state index contributed by atoms with van der Waals surface area (Å²) in [5, 5.41) is 21.7. The molecule has 0 saturated heterocycles. The molecule has 0 saturated carbocycles. The van der Waals surface area contributed by atoms with Crippen molar-refractivity contribution in [2.75, 3.05) is 0 Å². The third kappa shape index (κ3) is 6.02. The average molecular weight is 371 g/mol. The first kappa shape index (κ1) is 20.3. The second kappa shape index (κ2) is 8.58. The Morgan fingerprint density at radius 1 is 1.11 bits per heavy atom. The van der Waals surface area contributed by atoms with E-state index in [9.17, 15) is 19.8 Å². The summed E-state index contributed by atoms with van der Waals surface area (Å²) in [6, 6.07) is 12.8. The van der Waals surface area contributed by atoms with Gasteiger partial charge in [-0.1, -0.05) is 57.2 Å². The highest BCUT2D eigenvalue weighted by Crippen LogP contribution is 2.29. The SMILES string of the molecule is CC(C)(C)c1cc(O)ccc1CC(NC(=O)OCc1ccccc1)C(=O)O. The summed E-state index contributed by atoms with van der Waals surface area (Å²) >= 11 is 0. The monoisotopic (exact) mass is 371 g/mol. The Labute approximate surface area is 158 Å². The van der Waals surface area contributed by atoms with Crippen LogP contribution in [0, 0.1) is 0 Å². The van der Waals surface area contributed by atoms with Crippen LogP contribution in [-0.4, -0.2) is 28.3 Å². The molecule has 27 heavy (non-hydrogen) atoms. The van der Waals surface area contributed by atoms with Crippen LogP contribution in [0.2, 0.25) is 0 Å². The van der Waals surface area contributed by atoms with E-state index in [1.54, 1.807) is 12.1 Å². The standard InChI is InChI=1S/C21H25NO5/c1-21(2,3)17-12-16(23)10-9-15(17)11-18(19(24)25)22-20(26)27-13-14-7-5-4-6-8-14/h4-10,12,18,23H,11,13H2,1-3H3,(H,22,26)(H,24,25). The molecule has 1 unspecified atom stereocenters. The molecule has 2 aromatic rings. The first-order chi connectivity index (χ1) is 12.7. The summed E-state index contributed by atoms with van der Waals surface area (Å²) < 4.78 is 5.11. The van der Waals surface area contributed by atoms with Gasteiger partial charge in [0.25, 0.3) is 0 Å². The molecule has 6 nitrogen and oxygen atoms in total. The number of ether oxygens (including phenoxy) is 1. The summed E-state index contributed by atoms with van der Waals surface area (Å²) in [6.07, 6.45) is -0.704. The van der Waals surface area contributed by atoms with E-state index in [0.29, 0.717) is 0 Å². The third-order valence-corrected chi connectivity index (χ3v) is 4.13. The lowest BCUT2D eigenvalue weighted by molar-refractivity contribution is -0.139. The fourth-order valence-electron chi connectivity index (χ4n) is 2.77. The number of phenols is 1. The quantitative estimate of drug-likeness (QED) is 0.721. The fraction of sp³-hybridized carbons (Fsp3) is 0.333. The van der Waals surface area contributed by atoms with Crippen molar-refractivity contribution in [1.82, 2.24) is 5.32 Å². The number of hydrogen-bond acceptors (Lipinski definition) is 4. The summed E-state index contributed by atoms with van der Waals surface area (Å²) in [5.74, 6) is -1.04. The fourth-order valence-corrected chi connectivity index (χ4v) is 2.77. The number of phenolic OH excluding ortho intramolecular Hbond substituents is 1. The Morgan fingerprint density at radius 2 is 1.78 bits per heavy atom. The van der Waals surface area contributed by atoms with Crippen LogP contribution in [0.1, 0.15) is 37.5 Å². The van der Waals surface area contributed by atoms with Crippen LogP contribution in [0.4, 0.5) is 4.79 Å². The lowest BCUT2D eigenvalue weighted by atomic mass is 9.82. The average Bonchev–Trinajstić information content (AvgIpc) is 2.60. The molecular weight excluding hydrogens is 346 g/mol. The number of nitrogens with one attached hydrogen (secondary N) is 1. The normalized spacial score (nSPS) is 12.3. The topological polar surface area (TPSA) is 95.9 Å². The van der Waals surface area contributed by atoms with Crippen molar-refractivity contribution < 1.29 is 24.5 Å². The number of aliphatic carboxylic acids is 1. The predicted octanol–water partition coefficient (Wildman–Crippen LogP) is 3.61. The number of aromatic hydroxyl groups is 1. The van der Waals surface area contributed by atoms with Gasteiger partial charge in [0.1, 0.15) is 18.4 Å². The van der Waals surface area contributed by atoms with Gasteiger partial charge in [0.05, 0.1) is 0 Å². The molecule has 6 heteroatoms. The third-order valence-electron chi connectivity index (χ3n) is 4.13. The molecular formula is C21H25NO5. The second-order valence-corrected chi connectivity index (χ2v) is 7.39. The lowest BCUT2D eigenvalue weighted by Crippen LogP contribution is -2.42. The minimum atomic E-state index is -1.15. The van der Waals surface area contributed by atoms with Crippen molar-refractivity contribution in [3.8, 4) is 5.75 Å². The zero-order valence-electron chi connectivity index (χ0n) is 15.7. The first-order valence-electron chi connectivity index (χ1n) is 8.69. The largest absolute Gasteiger partial charge is 0.508 e. The molecule has 1 amide bonds. The Hall–Kier alpha value is -3.02. The number of amides is 1. The molecule has 0 bridgehead atoms. The molecule has 2 rings (SSSR count). The number of benzene rings is 2. The summed E-state index contributed by atoms with van der Waals surface area (Å²) in [6.45, 7) is 5.99. The van der Waals surface area contributed by atoms with E-state index in [-0.39, 0.29) is 24.2 Å². The van der Waals surface area contributed by atoms with Gasteiger partial charge < -0.3 is 20.3 Å². The van der Waals surface area contributed by atoms with Crippen LogP contribution < -0.4 is 5.32 Å². The highest BCUT2D eigenvalue weighted by Gasteiger charge is 2.25. The van der Waals surface area contributed by atoms with Crippen LogP contribution in [0.5, 0.6) is 5.75 Å². The molecule has 0 heterocycles. The summed E-state index contributed by atoms with van der Waals surface area (Å²) in [5.41, 5.74) is 2.10. The van der Waals surface area contributed by atoms with E-state index >= 15 is 0 Å². The highest BCUT2D eigenvalue weighted by atomic mass is 16.5. The van der Waals surface area contributed by atoms with Crippen LogP contribution in [0.15, 0.2) is 48.5 Å². The van der Waals surface area contributed by atoms with E-state index in [4.69, 9.17) is 4.74 Å². The van der Waals surface area contributed by atoms with E-state index in [1.165, 1.54) is 6.07 Å². The number of carbonyl (C=O) groups is 2. The van der Waals surface area contributed by atoms with Gasteiger partial charge in [0, 0.05) is 6.42 Å². The number of hydrogen-bond donors (Lipinski definition) is 3. The maximum absolute atomic E-state index is 12.0. The van der Waals surface area contributed by atoms with Gasteiger partial charge in [0.15, 0.2) is 0 Å². The number of carbonyl (C=O) groups excluding carboxylic acids is 1. The van der Waals surface area contributed by atoms with E-state index < -0.39 is 18.1 Å². The maximum atomic E-state index is 12.0. The van der Waals surface area contributed by atoms with Gasteiger partial charge in [-0.05, 0) is 34.2 Å². The Bertz CT molecular complexity index is 796. The van der Waals surface area contributed by atoms with Gasteiger partial charge in [-0.3, -0.25) is 0 Å².